The third-order valence-corrected chi connectivity index (χ3v) is 6.35. The Kier molecular flexibility index (Phi) is 6.51. The Morgan fingerprint density at radius 2 is 1.54 bits per heavy atom. The number of carbonyl (C=O) groups excluding carboxylic acids is 2. The number of ether oxygens (including phenoxy) is 3. The van der Waals surface area contributed by atoms with Gasteiger partial charge in [0.1, 0.15) is 23.0 Å². The Morgan fingerprint density at radius 1 is 0.857 bits per heavy atom. The third-order valence-electron chi connectivity index (χ3n) is 6.35. The largest absolute Gasteiger partial charge is 0.507 e. The summed E-state index contributed by atoms with van der Waals surface area (Å²) >= 11 is 0. The molecule has 3 aromatic rings. The van der Waals surface area contributed by atoms with Crippen LogP contribution in [0.4, 0.5) is 5.69 Å². The second-order valence-corrected chi connectivity index (χ2v) is 8.23. The molecule has 1 N–H and O–H groups in total. The molecule has 1 amide bonds. The molecular weight excluding hydrogens is 446 g/mol. The van der Waals surface area contributed by atoms with Gasteiger partial charge in [-0.15, -0.1) is 0 Å². The van der Waals surface area contributed by atoms with Crippen LogP contribution in [0.1, 0.15) is 28.3 Å². The number of methoxy groups -OCH3 is 3. The van der Waals surface area contributed by atoms with E-state index in [9.17, 15) is 14.7 Å². The molecule has 35 heavy (non-hydrogen) atoms. The normalized spacial score (nSPS) is 16.9. The molecule has 4 rings (SSSR count). The minimum absolute atomic E-state index is 0.0346. The molecule has 1 heterocycles. The first-order valence-corrected chi connectivity index (χ1v) is 11.1. The van der Waals surface area contributed by atoms with E-state index in [1.165, 1.54) is 19.1 Å². The molecule has 0 aromatic heterocycles. The average molecular weight is 474 g/mol. The van der Waals surface area contributed by atoms with Gasteiger partial charge in [0.15, 0.2) is 0 Å². The van der Waals surface area contributed by atoms with Crippen molar-refractivity contribution >= 4 is 23.1 Å². The van der Waals surface area contributed by atoms with E-state index in [1.54, 1.807) is 55.6 Å². The number of rotatable bonds is 6. The van der Waals surface area contributed by atoms with Crippen molar-refractivity contribution in [1.29, 1.82) is 0 Å². The SMILES string of the molecule is COc1cccc(C2/C(=C(\O)c3ccc(OC)cc3OC)C(=O)C(=O)N2c2cccc(C)c2C)c1. The fraction of sp³-hybridized carbons (Fsp3) is 0.214. The Bertz CT molecular complexity index is 1340. The molecule has 0 spiro atoms. The van der Waals surface area contributed by atoms with Gasteiger partial charge in [-0.3, -0.25) is 14.5 Å². The number of aliphatic hydroxyl groups excluding tert-OH is 1. The highest BCUT2D eigenvalue weighted by Crippen LogP contribution is 2.45. The molecule has 1 atom stereocenters. The van der Waals surface area contributed by atoms with Crippen molar-refractivity contribution in [3.05, 3.63) is 88.5 Å². The molecule has 0 aliphatic carbocycles. The van der Waals surface area contributed by atoms with Crippen LogP contribution in [0.3, 0.4) is 0 Å². The van der Waals surface area contributed by atoms with Crippen molar-refractivity contribution in [3.63, 3.8) is 0 Å². The van der Waals surface area contributed by atoms with E-state index in [4.69, 9.17) is 14.2 Å². The minimum Gasteiger partial charge on any atom is -0.507 e. The van der Waals surface area contributed by atoms with Crippen LogP contribution in [0.5, 0.6) is 17.2 Å². The van der Waals surface area contributed by atoms with Crippen LogP contribution in [0.2, 0.25) is 0 Å². The zero-order valence-electron chi connectivity index (χ0n) is 20.3. The maximum absolute atomic E-state index is 13.5. The maximum Gasteiger partial charge on any atom is 0.300 e. The van der Waals surface area contributed by atoms with Crippen LogP contribution in [0, 0.1) is 13.8 Å². The molecule has 1 saturated heterocycles. The van der Waals surface area contributed by atoms with Crippen LogP contribution >= 0.6 is 0 Å². The number of Topliss-reactive ketones (excluding diaryl/α,β-unsaturated/α-hetero) is 1. The first-order valence-electron chi connectivity index (χ1n) is 11.1. The smallest absolute Gasteiger partial charge is 0.300 e. The number of hydrogen-bond donors (Lipinski definition) is 1. The zero-order chi connectivity index (χ0) is 25.3. The molecule has 3 aromatic carbocycles. The summed E-state index contributed by atoms with van der Waals surface area (Å²) in [7, 11) is 4.52. The van der Waals surface area contributed by atoms with Crippen LogP contribution in [0.25, 0.3) is 5.76 Å². The summed E-state index contributed by atoms with van der Waals surface area (Å²) < 4.78 is 16.1. The molecule has 0 bridgehead atoms. The third kappa shape index (κ3) is 4.10. The van der Waals surface area contributed by atoms with Gasteiger partial charge in [-0.25, -0.2) is 0 Å². The Labute approximate surface area is 204 Å². The monoisotopic (exact) mass is 473 g/mol. The Hall–Kier alpha value is -4.26. The standard InChI is InChI=1S/C28H27NO6/c1-16-8-6-11-22(17(16)2)29-25(18-9-7-10-19(14-18)33-3)24(27(31)28(29)32)26(30)21-13-12-20(34-4)15-23(21)35-5/h6-15,25,30H,1-5H3/b26-24+. The molecular formula is C28H27NO6. The van der Waals surface area contributed by atoms with Gasteiger partial charge >= 0.3 is 0 Å². The average Bonchev–Trinajstić information content (AvgIpc) is 3.15. The van der Waals surface area contributed by atoms with Gasteiger partial charge < -0.3 is 19.3 Å². The van der Waals surface area contributed by atoms with Crippen molar-refractivity contribution in [2.75, 3.05) is 26.2 Å². The molecule has 7 heteroatoms. The van der Waals surface area contributed by atoms with E-state index in [-0.39, 0.29) is 16.9 Å². The predicted octanol–water partition coefficient (Wildman–Crippen LogP) is 4.96. The lowest BCUT2D eigenvalue weighted by Crippen LogP contribution is -2.30. The highest BCUT2D eigenvalue weighted by molar-refractivity contribution is 6.51. The first-order chi connectivity index (χ1) is 16.8. The predicted molar refractivity (Wildman–Crippen MR) is 133 cm³/mol. The van der Waals surface area contributed by atoms with E-state index in [2.05, 4.69) is 0 Å². The minimum atomic E-state index is -0.877. The molecule has 1 unspecified atom stereocenters. The van der Waals surface area contributed by atoms with Crippen LogP contribution in [-0.4, -0.2) is 38.1 Å². The molecule has 1 aliphatic heterocycles. The first kappa shape index (κ1) is 23.9. The summed E-state index contributed by atoms with van der Waals surface area (Å²) in [5, 5.41) is 11.5. The number of aliphatic hydroxyl groups is 1. The Balaban J connectivity index is 2.01. The molecule has 1 aliphatic rings. The zero-order valence-corrected chi connectivity index (χ0v) is 20.3. The van der Waals surface area contributed by atoms with Crippen molar-refractivity contribution < 1.29 is 28.9 Å². The molecule has 180 valence electrons. The van der Waals surface area contributed by atoms with Crippen LogP contribution in [0.15, 0.2) is 66.2 Å². The summed E-state index contributed by atoms with van der Waals surface area (Å²) in [6.45, 7) is 3.84. The number of aryl methyl sites for hydroxylation is 1. The van der Waals surface area contributed by atoms with Gasteiger partial charge in [0.2, 0.25) is 0 Å². The van der Waals surface area contributed by atoms with Crippen molar-refractivity contribution in [3.8, 4) is 17.2 Å². The van der Waals surface area contributed by atoms with Crippen molar-refractivity contribution in [1.82, 2.24) is 0 Å². The number of anilines is 1. The van der Waals surface area contributed by atoms with Crippen LogP contribution in [-0.2, 0) is 9.59 Å². The van der Waals surface area contributed by atoms with E-state index in [1.807, 2.05) is 26.0 Å². The molecule has 0 radical (unpaired) electrons. The fourth-order valence-corrected chi connectivity index (χ4v) is 4.34. The number of benzene rings is 3. The van der Waals surface area contributed by atoms with Gasteiger partial charge in [-0.1, -0.05) is 24.3 Å². The Morgan fingerprint density at radius 3 is 2.23 bits per heavy atom. The molecule has 7 nitrogen and oxygen atoms in total. The summed E-state index contributed by atoms with van der Waals surface area (Å²) in [6, 6.07) is 16.7. The second-order valence-electron chi connectivity index (χ2n) is 8.23. The lowest BCUT2D eigenvalue weighted by Gasteiger charge is -2.27. The van der Waals surface area contributed by atoms with Crippen molar-refractivity contribution in [2.24, 2.45) is 0 Å². The summed E-state index contributed by atoms with van der Waals surface area (Å²) in [5.41, 5.74) is 3.31. The van der Waals surface area contributed by atoms with Gasteiger partial charge in [0.25, 0.3) is 11.7 Å². The molecule has 1 fully saturated rings. The summed E-state index contributed by atoms with van der Waals surface area (Å²) in [6.07, 6.45) is 0. The number of carbonyl (C=O) groups is 2. The quantitative estimate of drug-likeness (QED) is 0.310. The van der Waals surface area contributed by atoms with E-state index < -0.39 is 17.7 Å². The molecule has 0 saturated carbocycles. The lowest BCUT2D eigenvalue weighted by molar-refractivity contribution is -0.132. The van der Waals surface area contributed by atoms with E-state index in [0.717, 1.165) is 11.1 Å². The number of ketones is 1. The topological polar surface area (TPSA) is 85.3 Å². The lowest BCUT2D eigenvalue weighted by atomic mass is 9.94. The number of hydrogen-bond acceptors (Lipinski definition) is 6. The number of amides is 1. The maximum atomic E-state index is 13.5. The highest BCUT2D eigenvalue weighted by Gasteiger charge is 2.47. The summed E-state index contributed by atoms with van der Waals surface area (Å²) in [4.78, 5) is 28.4. The van der Waals surface area contributed by atoms with Crippen molar-refractivity contribution in [2.45, 2.75) is 19.9 Å². The number of nitrogens with zero attached hydrogens (tertiary/aromatic N) is 1. The van der Waals surface area contributed by atoms with E-state index >= 15 is 0 Å². The van der Waals surface area contributed by atoms with Gasteiger partial charge in [0.05, 0.1) is 38.5 Å². The van der Waals surface area contributed by atoms with Crippen LogP contribution < -0.4 is 19.1 Å². The fourth-order valence-electron chi connectivity index (χ4n) is 4.34. The van der Waals surface area contributed by atoms with Gasteiger partial charge in [0, 0.05) is 11.8 Å². The second kappa shape index (κ2) is 9.54. The van der Waals surface area contributed by atoms with Gasteiger partial charge in [-0.05, 0) is 60.9 Å². The highest BCUT2D eigenvalue weighted by atomic mass is 16.5. The summed E-state index contributed by atoms with van der Waals surface area (Å²) in [5.74, 6) is -0.433. The van der Waals surface area contributed by atoms with E-state index in [0.29, 0.717) is 28.5 Å². The van der Waals surface area contributed by atoms with Gasteiger partial charge in [-0.2, -0.15) is 0 Å².